The van der Waals surface area contributed by atoms with Crippen molar-refractivity contribution in [3.8, 4) is 11.3 Å². The van der Waals surface area contributed by atoms with Crippen LogP contribution < -0.4 is 0 Å². The summed E-state index contributed by atoms with van der Waals surface area (Å²) in [5.41, 5.74) is 5.37. The molecule has 5 rings (SSSR count). The van der Waals surface area contributed by atoms with Crippen molar-refractivity contribution in [1.82, 2.24) is 19.4 Å². The standard InChI is InChI=1S/C21H15ClN4OS/c22-16-9-7-14(8-10-16)19-12-23-20-15(4-3-11-26(19)20)13-28(27)21-24-17-5-1-2-6-18(17)25-21/h1-12H,13H2,(H,24,25). The van der Waals surface area contributed by atoms with Crippen molar-refractivity contribution in [3.63, 3.8) is 0 Å². The fourth-order valence-electron chi connectivity index (χ4n) is 3.26. The third-order valence-electron chi connectivity index (χ3n) is 4.63. The van der Waals surface area contributed by atoms with Gasteiger partial charge >= 0.3 is 5.16 Å². The number of imidazole rings is 2. The molecule has 0 aliphatic rings. The fourth-order valence-corrected chi connectivity index (χ4v) is 4.46. The van der Waals surface area contributed by atoms with Gasteiger partial charge in [0.25, 0.3) is 0 Å². The molecule has 138 valence electrons. The highest BCUT2D eigenvalue weighted by Crippen LogP contribution is 2.26. The van der Waals surface area contributed by atoms with Crippen molar-refractivity contribution in [2.45, 2.75) is 10.9 Å². The summed E-state index contributed by atoms with van der Waals surface area (Å²) in [6.45, 7) is 0. The third-order valence-corrected chi connectivity index (χ3v) is 6.08. The average Bonchev–Trinajstić information content (AvgIpc) is 3.33. The van der Waals surface area contributed by atoms with Crippen LogP contribution in [0.25, 0.3) is 27.9 Å². The average molecular weight is 407 g/mol. The van der Waals surface area contributed by atoms with Gasteiger partial charge in [-0.05, 0) is 36.4 Å². The van der Waals surface area contributed by atoms with Gasteiger partial charge in [-0.1, -0.05) is 35.9 Å². The van der Waals surface area contributed by atoms with E-state index >= 15 is 0 Å². The molecule has 2 aromatic carbocycles. The molecule has 1 atom stereocenters. The smallest absolute Gasteiger partial charge is 0.321 e. The van der Waals surface area contributed by atoms with Gasteiger partial charge < -0.3 is 4.55 Å². The van der Waals surface area contributed by atoms with Crippen molar-refractivity contribution < 1.29 is 4.55 Å². The maximum atomic E-state index is 12.9. The van der Waals surface area contributed by atoms with Gasteiger partial charge in [0, 0.05) is 33.5 Å². The Morgan fingerprint density at radius 1 is 1.04 bits per heavy atom. The van der Waals surface area contributed by atoms with E-state index in [1.165, 1.54) is 0 Å². The Morgan fingerprint density at radius 3 is 2.68 bits per heavy atom. The first-order valence-electron chi connectivity index (χ1n) is 8.73. The molecule has 3 heterocycles. The number of hydrogen-bond acceptors (Lipinski definition) is 3. The van der Waals surface area contributed by atoms with E-state index < -0.39 is 11.2 Å². The van der Waals surface area contributed by atoms with Crippen LogP contribution in [0.2, 0.25) is 5.02 Å². The number of rotatable bonds is 4. The van der Waals surface area contributed by atoms with Gasteiger partial charge in [0.15, 0.2) is 0 Å². The highest BCUT2D eigenvalue weighted by atomic mass is 35.5. The molecule has 0 aliphatic carbocycles. The van der Waals surface area contributed by atoms with Crippen LogP contribution in [0.4, 0.5) is 0 Å². The van der Waals surface area contributed by atoms with Gasteiger partial charge in [-0.3, -0.25) is 9.38 Å². The van der Waals surface area contributed by atoms with E-state index in [2.05, 4.69) is 15.0 Å². The molecule has 0 spiro atoms. The second-order valence-corrected chi connectivity index (χ2v) is 8.23. The van der Waals surface area contributed by atoms with Gasteiger partial charge in [-0.2, -0.15) is 4.98 Å². The highest BCUT2D eigenvalue weighted by molar-refractivity contribution is 7.90. The number of aromatic nitrogens is 4. The lowest BCUT2D eigenvalue weighted by atomic mass is 10.2. The van der Waals surface area contributed by atoms with E-state index in [-0.39, 0.29) is 0 Å². The summed E-state index contributed by atoms with van der Waals surface area (Å²) < 4.78 is 14.9. The lowest BCUT2D eigenvalue weighted by molar-refractivity contribution is 0.587. The Morgan fingerprint density at radius 2 is 1.86 bits per heavy atom. The van der Waals surface area contributed by atoms with Crippen LogP contribution in [0, 0.1) is 0 Å². The maximum Gasteiger partial charge on any atom is 0.321 e. The van der Waals surface area contributed by atoms with E-state index in [1.54, 1.807) is 0 Å². The van der Waals surface area contributed by atoms with Crippen molar-refractivity contribution >= 4 is 39.5 Å². The van der Waals surface area contributed by atoms with Gasteiger partial charge in [-0.15, -0.1) is 0 Å². The molecule has 5 aromatic rings. The van der Waals surface area contributed by atoms with E-state index in [0.717, 1.165) is 33.5 Å². The van der Waals surface area contributed by atoms with Crippen molar-refractivity contribution in [3.05, 3.63) is 83.6 Å². The lowest BCUT2D eigenvalue weighted by Crippen LogP contribution is -2.08. The van der Waals surface area contributed by atoms with Crippen LogP contribution in [-0.4, -0.2) is 23.9 Å². The lowest BCUT2D eigenvalue weighted by Gasteiger charge is -2.09. The first-order valence-corrected chi connectivity index (χ1v) is 10.4. The van der Waals surface area contributed by atoms with Crippen molar-refractivity contribution in [2.24, 2.45) is 0 Å². The zero-order chi connectivity index (χ0) is 19.1. The number of pyridine rings is 1. The van der Waals surface area contributed by atoms with Gasteiger partial charge in [-0.25, -0.2) is 4.98 Å². The third kappa shape index (κ3) is 3.05. The number of para-hydroxylation sites is 2. The largest absolute Gasteiger partial charge is 0.609 e. The van der Waals surface area contributed by atoms with Crippen molar-refractivity contribution in [1.29, 1.82) is 0 Å². The molecule has 1 unspecified atom stereocenters. The molecule has 28 heavy (non-hydrogen) atoms. The SMILES string of the molecule is [O-][S+](Cc1cccn2c(-c3ccc(Cl)cc3)cnc12)c1nc2ccccc2[nH]1. The first kappa shape index (κ1) is 17.3. The summed E-state index contributed by atoms with van der Waals surface area (Å²) in [6.07, 6.45) is 3.78. The predicted molar refractivity (Wildman–Crippen MR) is 112 cm³/mol. The Kier molecular flexibility index (Phi) is 4.31. The van der Waals surface area contributed by atoms with Crippen LogP contribution >= 0.6 is 11.6 Å². The molecule has 0 saturated carbocycles. The molecular formula is C21H15ClN4OS. The second kappa shape index (κ2) is 6.98. The number of nitrogens with one attached hydrogen (secondary N) is 1. The summed E-state index contributed by atoms with van der Waals surface area (Å²) >= 11 is 4.70. The molecule has 7 heteroatoms. The highest BCUT2D eigenvalue weighted by Gasteiger charge is 2.20. The van der Waals surface area contributed by atoms with E-state index in [9.17, 15) is 4.55 Å². The van der Waals surface area contributed by atoms with Gasteiger partial charge in [0.1, 0.15) is 11.4 Å². The number of H-pyrrole nitrogens is 1. The molecule has 0 radical (unpaired) electrons. The Bertz CT molecular complexity index is 1250. The summed E-state index contributed by atoms with van der Waals surface area (Å²) in [5, 5.41) is 1.17. The van der Waals surface area contributed by atoms with Crippen LogP contribution in [-0.2, 0) is 16.9 Å². The molecule has 0 fully saturated rings. The molecule has 0 saturated heterocycles. The zero-order valence-electron chi connectivity index (χ0n) is 14.7. The number of aromatic amines is 1. The van der Waals surface area contributed by atoms with Gasteiger partial charge in [0.05, 0.1) is 22.9 Å². The van der Waals surface area contributed by atoms with Crippen LogP contribution in [0.1, 0.15) is 5.56 Å². The van der Waals surface area contributed by atoms with E-state index in [0.29, 0.717) is 15.9 Å². The van der Waals surface area contributed by atoms with Crippen LogP contribution in [0.15, 0.2) is 78.2 Å². The fraction of sp³-hybridized carbons (Fsp3) is 0.0476. The van der Waals surface area contributed by atoms with E-state index in [1.807, 2.05) is 77.5 Å². The van der Waals surface area contributed by atoms with Crippen LogP contribution in [0.5, 0.6) is 0 Å². The molecule has 5 nitrogen and oxygen atoms in total. The molecule has 3 aromatic heterocycles. The number of halogens is 1. The monoisotopic (exact) mass is 406 g/mol. The van der Waals surface area contributed by atoms with Crippen LogP contribution in [0.3, 0.4) is 0 Å². The molecule has 0 aliphatic heterocycles. The summed E-state index contributed by atoms with van der Waals surface area (Å²) in [6, 6.07) is 19.2. The Labute approximate surface area is 169 Å². The molecule has 0 bridgehead atoms. The maximum absolute atomic E-state index is 12.9. The number of hydrogen-bond donors (Lipinski definition) is 1. The predicted octanol–water partition coefficient (Wildman–Crippen LogP) is 4.84. The quantitative estimate of drug-likeness (QED) is 0.434. The minimum atomic E-state index is -1.30. The summed E-state index contributed by atoms with van der Waals surface area (Å²) in [5.74, 6) is 0.335. The topological polar surface area (TPSA) is 69.0 Å². The van der Waals surface area contributed by atoms with Gasteiger partial charge in [0.2, 0.25) is 0 Å². The zero-order valence-corrected chi connectivity index (χ0v) is 16.2. The van der Waals surface area contributed by atoms with Crippen molar-refractivity contribution in [2.75, 3.05) is 0 Å². The minimum absolute atomic E-state index is 0.335. The van der Waals surface area contributed by atoms with E-state index in [4.69, 9.17) is 11.6 Å². The summed E-state index contributed by atoms with van der Waals surface area (Å²) in [4.78, 5) is 12.2. The minimum Gasteiger partial charge on any atom is -0.609 e. The molecule has 1 N–H and O–H groups in total. The number of benzene rings is 2. The molecule has 0 amide bonds. The normalized spacial score (nSPS) is 12.6. The second-order valence-electron chi connectivity index (χ2n) is 6.43. The number of fused-ring (bicyclic) bond motifs is 2. The number of nitrogens with zero attached hydrogens (tertiary/aromatic N) is 3. The Hall–Kier alpha value is -2.80. The summed E-state index contributed by atoms with van der Waals surface area (Å²) in [7, 11) is 0. The first-order chi connectivity index (χ1) is 13.7. The Balaban J connectivity index is 1.50. The molecular weight excluding hydrogens is 392 g/mol.